The van der Waals surface area contributed by atoms with Gasteiger partial charge in [0.15, 0.2) is 5.76 Å². The van der Waals surface area contributed by atoms with Crippen LogP contribution in [0.3, 0.4) is 0 Å². The molecule has 1 saturated heterocycles. The monoisotopic (exact) mass is 415 g/mol. The van der Waals surface area contributed by atoms with Crippen molar-refractivity contribution in [1.82, 2.24) is 24.6 Å². The van der Waals surface area contributed by atoms with Gasteiger partial charge in [0.1, 0.15) is 10.6 Å². The van der Waals surface area contributed by atoms with Crippen molar-refractivity contribution in [3.05, 3.63) is 41.9 Å². The molecule has 2 aliphatic rings. The average molecular weight is 415 g/mol. The molecule has 29 heavy (non-hydrogen) atoms. The predicted molar refractivity (Wildman–Crippen MR) is 101 cm³/mol. The number of hydrogen-bond acceptors (Lipinski definition) is 8. The van der Waals surface area contributed by atoms with Gasteiger partial charge in [-0.05, 0) is 50.7 Å². The zero-order valence-corrected chi connectivity index (χ0v) is 17.0. The first-order chi connectivity index (χ1) is 13.9. The molecule has 0 N–H and O–H groups in total. The largest absolute Gasteiger partial charge is 0.360 e. The highest BCUT2D eigenvalue weighted by molar-refractivity contribution is 7.89. The lowest BCUT2D eigenvalue weighted by Gasteiger charge is -2.31. The van der Waals surface area contributed by atoms with Gasteiger partial charge in [0, 0.05) is 37.0 Å². The summed E-state index contributed by atoms with van der Waals surface area (Å²) in [6.45, 7) is 4.21. The van der Waals surface area contributed by atoms with Crippen molar-refractivity contribution in [2.24, 2.45) is 5.41 Å². The predicted octanol–water partition coefficient (Wildman–Crippen LogP) is 2.69. The van der Waals surface area contributed by atoms with E-state index in [1.54, 1.807) is 26.2 Å². The minimum Gasteiger partial charge on any atom is -0.360 e. The van der Waals surface area contributed by atoms with Gasteiger partial charge in [-0.2, -0.15) is 9.29 Å². The van der Waals surface area contributed by atoms with Crippen molar-refractivity contribution in [3.8, 4) is 11.4 Å². The molecular formula is C19H21N5O4S. The fourth-order valence-electron chi connectivity index (χ4n) is 4.38. The van der Waals surface area contributed by atoms with Crippen molar-refractivity contribution >= 4 is 10.0 Å². The van der Waals surface area contributed by atoms with Crippen LogP contribution in [0.1, 0.15) is 42.5 Å². The van der Waals surface area contributed by atoms with Crippen LogP contribution in [0.4, 0.5) is 0 Å². The summed E-state index contributed by atoms with van der Waals surface area (Å²) in [7, 11) is -3.60. The third kappa shape index (κ3) is 2.98. The Labute approximate surface area is 168 Å². The molecule has 1 aliphatic heterocycles. The van der Waals surface area contributed by atoms with Crippen molar-refractivity contribution in [3.63, 3.8) is 0 Å². The lowest BCUT2D eigenvalue weighted by atomic mass is 9.92. The molecule has 10 heteroatoms. The van der Waals surface area contributed by atoms with Gasteiger partial charge in [0.05, 0.1) is 0 Å². The number of piperidine rings is 1. The molecule has 0 radical (unpaired) electrons. The van der Waals surface area contributed by atoms with Gasteiger partial charge in [0.2, 0.25) is 21.7 Å². The van der Waals surface area contributed by atoms with Crippen LogP contribution < -0.4 is 0 Å². The molecule has 152 valence electrons. The minimum absolute atomic E-state index is 0.0451. The third-order valence-electron chi connectivity index (χ3n) is 6.13. The molecule has 1 spiro atoms. The SMILES string of the molecule is Cc1noc(C)c1S(=O)(=O)N1CCC2(CC1)CC2c1nc(-c2cccnc2)no1. The van der Waals surface area contributed by atoms with Gasteiger partial charge in [-0.25, -0.2) is 8.42 Å². The highest BCUT2D eigenvalue weighted by Crippen LogP contribution is 2.64. The quantitative estimate of drug-likeness (QED) is 0.639. The van der Waals surface area contributed by atoms with Crippen LogP contribution in [0.2, 0.25) is 0 Å². The number of pyridine rings is 1. The summed E-state index contributed by atoms with van der Waals surface area (Å²) in [4.78, 5) is 8.83. The third-order valence-corrected chi connectivity index (χ3v) is 8.28. The molecule has 1 unspecified atom stereocenters. The van der Waals surface area contributed by atoms with Crippen LogP contribution >= 0.6 is 0 Å². The van der Waals surface area contributed by atoms with Gasteiger partial charge in [0.25, 0.3) is 0 Å². The number of sulfonamides is 1. The molecule has 1 atom stereocenters. The number of aromatic nitrogens is 4. The Morgan fingerprint density at radius 1 is 1.17 bits per heavy atom. The van der Waals surface area contributed by atoms with E-state index in [1.165, 1.54) is 4.31 Å². The fourth-order valence-corrected chi connectivity index (χ4v) is 6.11. The summed E-state index contributed by atoms with van der Waals surface area (Å²) >= 11 is 0. The van der Waals surface area contributed by atoms with Crippen LogP contribution in [0, 0.1) is 19.3 Å². The number of hydrogen-bond donors (Lipinski definition) is 0. The van der Waals surface area contributed by atoms with Crippen LogP contribution in [-0.4, -0.2) is 46.1 Å². The van der Waals surface area contributed by atoms with Crippen molar-refractivity contribution < 1.29 is 17.5 Å². The smallest absolute Gasteiger partial charge is 0.248 e. The maximum Gasteiger partial charge on any atom is 0.248 e. The van der Waals surface area contributed by atoms with E-state index in [0.717, 1.165) is 24.8 Å². The Hall–Kier alpha value is -2.59. The van der Waals surface area contributed by atoms with E-state index >= 15 is 0 Å². The zero-order valence-electron chi connectivity index (χ0n) is 16.2. The first kappa shape index (κ1) is 18.4. The topological polar surface area (TPSA) is 115 Å². The summed E-state index contributed by atoms with van der Waals surface area (Å²) in [5, 5.41) is 7.87. The molecule has 2 fully saturated rings. The number of aryl methyl sites for hydroxylation is 2. The molecule has 0 aromatic carbocycles. The Morgan fingerprint density at radius 2 is 1.97 bits per heavy atom. The molecule has 4 heterocycles. The fraction of sp³-hybridized carbons (Fsp3) is 0.474. The summed E-state index contributed by atoms with van der Waals surface area (Å²) in [5.74, 6) is 1.68. The Balaban J connectivity index is 1.29. The highest BCUT2D eigenvalue weighted by Gasteiger charge is 2.59. The first-order valence-corrected chi connectivity index (χ1v) is 11.0. The van der Waals surface area contributed by atoms with E-state index < -0.39 is 10.0 Å². The van der Waals surface area contributed by atoms with Crippen LogP contribution in [0.15, 0.2) is 38.5 Å². The molecule has 1 saturated carbocycles. The Morgan fingerprint density at radius 3 is 2.62 bits per heavy atom. The first-order valence-electron chi connectivity index (χ1n) is 9.58. The summed E-state index contributed by atoms with van der Waals surface area (Å²) in [5.41, 5.74) is 1.27. The van der Waals surface area contributed by atoms with Gasteiger partial charge in [-0.1, -0.05) is 10.3 Å². The molecule has 0 amide bonds. The van der Waals surface area contributed by atoms with Crippen LogP contribution in [0.25, 0.3) is 11.4 Å². The maximum atomic E-state index is 13.0. The van der Waals surface area contributed by atoms with Crippen molar-refractivity contribution in [2.45, 2.75) is 43.9 Å². The summed E-state index contributed by atoms with van der Waals surface area (Å²) < 4.78 is 38.1. The average Bonchev–Trinajstić information content (AvgIpc) is 3.05. The maximum absolute atomic E-state index is 13.0. The van der Waals surface area contributed by atoms with E-state index in [1.807, 2.05) is 12.1 Å². The Bertz CT molecular complexity index is 1130. The van der Waals surface area contributed by atoms with Gasteiger partial charge < -0.3 is 9.05 Å². The molecule has 3 aromatic heterocycles. The standard InChI is InChI=1S/C19H21N5O4S/c1-12-16(13(2)27-22-12)29(25,26)24-8-5-19(6-9-24)10-15(19)18-21-17(23-28-18)14-4-3-7-20-11-14/h3-4,7,11,15H,5-6,8-10H2,1-2H3. The normalized spacial score (nSPS) is 21.5. The molecule has 3 aromatic rings. The summed E-state index contributed by atoms with van der Waals surface area (Å²) in [6.07, 6.45) is 5.89. The van der Waals surface area contributed by atoms with E-state index in [-0.39, 0.29) is 16.2 Å². The second-order valence-corrected chi connectivity index (χ2v) is 9.75. The van der Waals surface area contributed by atoms with E-state index in [4.69, 9.17) is 9.05 Å². The van der Waals surface area contributed by atoms with E-state index in [2.05, 4.69) is 20.3 Å². The van der Waals surface area contributed by atoms with Crippen LogP contribution in [-0.2, 0) is 10.0 Å². The van der Waals surface area contributed by atoms with E-state index in [0.29, 0.717) is 36.3 Å². The van der Waals surface area contributed by atoms with E-state index in [9.17, 15) is 8.42 Å². The van der Waals surface area contributed by atoms with Gasteiger partial charge in [-0.15, -0.1) is 0 Å². The summed E-state index contributed by atoms with van der Waals surface area (Å²) in [6, 6.07) is 3.72. The lowest BCUT2D eigenvalue weighted by molar-refractivity contribution is 0.242. The van der Waals surface area contributed by atoms with Crippen molar-refractivity contribution in [2.75, 3.05) is 13.1 Å². The molecule has 9 nitrogen and oxygen atoms in total. The van der Waals surface area contributed by atoms with Crippen molar-refractivity contribution in [1.29, 1.82) is 0 Å². The molecule has 1 aliphatic carbocycles. The second-order valence-electron chi connectivity index (χ2n) is 7.87. The van der Waals surface area contributed by atoms with Gasteiger partial charge >= 0.3 is 0 Å². The number of rotatable bonds is 4. The second kappa shape index (κ2) is 6.46. The highest BCUT2D eigenvalue weighted by atomic mass is 32.2. The molecule has 5 rings (SSSR count). The number of nitrogens with zero attached hydrogens (tertiary/aromatic N) is 5. The van der Waals surface area contributed by atoms with Gasteiger partial charge in [-0.3, -0.25) is 4.98 Å². The molecular weight excluding hydrogens is 394 g/mol. The Kier molecular flexibility index (Phi) is 4.11. The lowest BCUT2D eigenvalue weighted by Crippen LogP contribution is -2.39. The minimum atomic E-state index is -3.60. The zero-order chi connectivity index (χ0) is 20.2. The van der Waals surface area contributed by atoms with Crippen LogP contribution in [0.5, 0.6) is 0 Å². The molecule has 0 bridgehead atoms.